The number of unbranched alkanes of at least 4 members (excludes halogenated alkanes) is 1. The molecule has 1 unspecified atom stereocenters. The quantitative estimate of drug-likeness (QED) is 0.529. The number of methoxy groups -OCH3 is 1. The minimum atomic E-state index is -0.988. The van der Waals surface area contributed by atoms with E-state index in [9.17, 15) is 9.59 Å². The lowest BCUT2D eigenvalue weighted by atomic mass is 10.1. The fourth-order valence-corrected chi connectivity index (χ4v) is 1.91. The molecule has 2 rings (SSSR count). The molecular formula is C11H16O7. The van der Waals surface area contributed by atoms with Gasteiger partial charge in [-0.3, -0.25) is 0 Å². The minimum Gasteiger partial charge on any atom is -0.467 e. The van der Waals surface area contributed by atoms with E-state index in [1.165, 1.54) is 7.11 Å². The second kappa shape index (κ2) is 5.53. The molecule has 0 bridgehead atoms. The number of rotatable bonds is 5. The maximum atomic E-state index is 11.5. The molecule has 0 amide bonds. The summed E-state index contributed by atoms with van der Waals surface area (Å²) in [4.78, 5) is 22.6. The third kappa shape index (κ3) is 2.41. The van der Waals surface area contributed by atoms with Crippen molar-refractivity contribution < 1.29 is 33.3 Å². The van der Waals surface area contributed by atoms with Crippen LogP contribution in [0.5, 0.6) is 0 Å². The third-order valence-corrected chi connectivity index (χ3v) is 2.85. The Bertz CT molecular complexity index is 329. The van der Waals surface area contributed by atoms with Gasteiger partial charge in [0, 0.05) is 6.61 Å². The van der Waals surface area contributed by atoms with Crippen LogP contribution in [0, 0.1) is 0 Å². The van der Waals surface area contributed by atoms with Crippen molar-refractivity contribution in [2.24, 2.45) is 0 Å². The van der Waals surface area contributed by atoms with Crippen molar-refractivity contribution in [2.45, 2.75) is 44.4 Å². The molecule has 2 saturated heterocycles. The highest BCUT2D eigenvalue weighted by atomic mass is 16.8. The summed E-state index contributed by atoms with van der Waals surface area (Å²) in [6.45, 7) is 2.49. The Hall–Kier alpha value is -1.34. The number of carbonyl (C=O) groups is 2. The predicted molar refractivity (Wildman–Crippen MR) is 56.7 cm³/mol. The lowest BCUT2D eigenvalue weighted by molar-refractivity contribution is -0.185. The molecule has 18 heavy (non-hydrogen) atoms. The van der Waals surface area contributed by atoms with E-state index in [1.54, 1.807) is 0 Å². The molecule has 0 saturated carbocycles. The zero-order valence-corrected chi connectivity index (χ0v) is 10.3. The van der Waals surface area contributed by atoms with Gasteiger partial charge in [-0.2, -0.15) is 0 Å². The van der Waals surface area contributed by atoms with Gasteiger partial charge < -0.3 is 23.7 Å². The molecule has 102 valence electrons. The molecule has 0 aromatic rings. The number of fused-ring (bicyclic) bond motifs is 1. The molecule has 0 aliphatic carbocycles. The van der Waals surface area contributed by atoms with Crippen molar-refractivity contribution in [3.8, 4) is 0 Å². The van der Waals surface area contributed by atoms with E-state index in [0.717, 1.165) is 12.8 Å². The van der Waals surface area contributed by atoms with E-state index in [0.29, 0.717) is 6.61 Å². The Balaban J connectivity index is 2.00. The van der Waals surface area contributed by atoms with E-state index in [1.807, 2.05) is 6.92 Å². The Labute approximate surface area is 104 Å². The molecule has 7 heteroatoms. The van der Waals surface area contributed by atoms with Gasteiger partial charge in [-0.15, -0.1) is 0 Å². The van der Waals surface area contributed by atoms with Gasteiger partial charge >= 0.3 is 12.1 Å². The van der Waals surface area contributed by atoms with Gasteiger partial charge in [-0.1, -0.05) is 13.3 Å². The average molecular weight is 260 g/mol. The molecule has 7 nitrogen and oxygen atoms in total. The van der Waals surface area contributed by atoms with Crippen molar-refractivity contribution in [1.82, 2.24) is 0 Å². The summed E-state index contributed by atoms with van der Waals surface area (Å²) >= 11 is 0. The monoisotopic (exact) mass is 260 g/mol. The topological polar surface area (TPSA) is 80.3 Å². The van der Waals surface area contributed by atoms with Crippen LogP contribution in [0.15, 0.2) is 0 Å². The number of esters is 1. The maximum Gasteiger partial charge on any atom is 0.509 e. The summed E-state index contributed by atoms with van der Waals surface area (Å²) in [7, 11) is 1.24. The van der Waals surface area contributed by atoms with Gasteiger partial charge in [-0.05, 0) is 6.42 Å². The summed E-state index contributed by atoms with van der Waals surface area (Å²) in [5.41, 5.74) is 0. The van der Waals surface area contributed by atoms with Crippen LogP contribution in [0.25, 0.3) is 0 Å². The molecule has 0 spiro atoms. The Morgan fingerprint density at radius 2 is 2.06 bits per heavy atom. The molecule has 2 aliphatic heterocycles. The Kier molecular flexibility index (Phi) is 4.03. The van der Waals surface area contributed by atoms with E-state index < -0.39 is 36.7 Å². The number of ether oxygens (including phenoxy) is 5. The van der Waals surface area contributed by atoms with Gasteiger partial charge in [0.05, 0.1) is 7.11 Å². The van der Waals surface area contributed by atoms with E-state index in [-0.39, 0.29) is 0 Å². The van der Waals surface area contributed by atoms with Crippen LogP contribution >= 0.6 is 0 Å². The van der Waals surface area contributed by atoms with E-state index >= 15 is 0 Å². The molecule has 0 radical (unpaired) electrons. The standard InChI is InChI=1S/C11H16O7/c1-3-4-5-15-10-8-6(17-11(13)18-8)7(16-10)9(12)14-2/h6-8,10H,3-5H2,1-2H3/t6-,7?,8-,10-/m1/s1. The van der Waals surface area contributed by atoms with Gasteiger partial charge in [0.25, 0.3) is 0 Å². The van der Waals surface area contributed by atoms with Crippen LogP contribution < -0.4 is 0 Å². The molecule has 2 heterocycles. The highest BCUT2D eigenvalue weighted by Crippen LogP contribution is 2.33. The second-order valence-corrected chi connectivity index (χ2v) is 4.09. The largest absolute Gasteiger partial charge is 0.509 e. The molecule has 2 aliphatic rings. The van der Waals surface area contributed by atoms with Crippen molar-refractivity contribution >= 4 is 12.1 Å². The number of hydrogen-bond acceptors (Lipinski definition) is 7. The van der Waals surface area contributed by atoms with Crippen LogP contribution in [0.2, 0.25) is 0 Å². The highest BCUT2D eigenvalue weighted by Gasteiger charge is 2.57. The van der Waals surface area contributed by atoms with Crippen molar-refractivity contribution in [3.63, 3.8) is 0 Å². The fourth-order valence-electron chi connectivity index (χ4n) is 1.91. The first-order valence-corrected chi connectivity index (χ1v) is 5.89. The summed E-state index contributed by atoms with van der Waals surface area (Å²) in [5.74, 6) is -0.607. The van der Waals surface area contributed by atoms with Crippen molar-refractivity contribution in [2.75, 3.05) is 13.7 Å². The van der Waals surface area contributed by atoms with Gasteiger partial charge in [0.2, 0.25) is 0 Å². The summed E-state index contributed by atoms with van der Waals surface area (Å²) in [6.07, 6.45) is -2.26. The zero-order valence-electron chi connectivity index (χ0n) is 10.3. The van der Waals surface area contributed by atoms with Crippen LogP contribution in [0.3, 0.4) is 0 Å². The summed E-state index contributed by atoms with van der Waals surface area (Å²) < 4.78 is 25.2. The van der Waals surface area contributed by atoms with Crippen LogP contribution in [0.4, 0.5) is 4.79 Å². The SMILES string of the molecule is CCCCO[C@@H]1OC(C(=O)OC)[C@H]2OC(=O)O[C@@H]12. The lowest BCUT2D eigenvalue weighted by Gasteiger charge is -2.15. The Morgan fingerprint density at radius 1 is 1.33 bits per heavy atom. The van der Waals surface area contributed by atoms with Crippen LogP contribution in [-0.2, 0) is 28.5 Å². The molecule has 4 atom stereocenters. The molecule has 0 aromatic carbocycles. The predicted octanol–water partition coefficient (Wildman–Crippen LogP) is 0.605. The smallest absolute Gasteiger partial charge is 0.467 e. The van der Waals surface area contributed by atoms with Crippen LogP contribution in [0.1, 0.15) is 19.8 Å². The lowest BCUT2D eigenvalue weighted by Crippen LogP contribution is -2.35. The normalized spacial score (nSPS) is 33.8. The summed E-state index contributed by atoms with van der Waals surface area (Å²) in [5, 5.41) is 0. The van der Waals surface area contributed by atoms with E-state index in [2.05, 4.69) is 4.74 Å². The average Bonchev–Trinajstić information content (AvgIpc) is 2.87. The van der Waals surface area contributed by atoms with Crippen LogP contribution in [-0.4, -0.2) is 50.4 Å². The maximum absolute atomic E-state index is 11.5. The Morgan fingerprint density at radius 3 is 2.72 bits per heavy atom. The number of hydrogen-bond donors (Lipinski definition) is 0. The number of carbonyl (C=O) groups excluding carboxylic acids is 2. The van der Waals surface area contributed by atoms with Gasteiger partial charge in [-0.25, -0.2) is 9.59 Å². The van der Waals surface area contributed by atoms with Crippen molar-refractivity contribution in [1.29, 1.82) is 0 Å². The molecule has 0 aromatic heterocycles. The third-order valence-electron chi connectivity index (χ3n) is 2.85. The minimum absolute atomic E-state index is 0.468. The highest BCUT2D eigenvalue weighted by molar-refractivity contribution is 5.77. The van der Waals surface area contributed by atoms with E-state index in [4.69, 9.17) is 18.9 Å². The fraction of sp³-hybridized carbons (Fsp3) is 0.818. The van der Waals surface area contributed by atoms with Gasteiger partial charge in [0.15, 0.2) is 24.6 Å². The molecular weight excluding hydrogens is 244 g/mol. The first-order chi connectivity index (χ1) is 8.67. The zero-order chi connectivity index (χ0) is 13.1. The molecule has 0 N–H and O–H groups in total. The van der Waals surface area contributed by atoms with Crippen molar-refractivity contribution in [3.05, 3.63) is 0 Å². The summed E-state index contributed by atoms with van der Waals surface area (Å²) in [6, 6.07) is 0. The molecule has 2 fully saturated rings. The van der Waals surface area contributed by atoms with Gasteiger partial charge in [0.1, 0.15) is 0 Å². The second-order valence-electron chi connectivity index (χ2n) is 4.09. The first-order valence-electron chi connectivity index (χ1n) is 5.89. The first kappa shape index (κ1) is 13.1.